The second-order valence-electron chi connectivity index (χ2n) is 4.42. The summed E-state index contributed by atoms with van der Waals surface area (Å²) in [5.41, 5.74) is 2.62. The van der Waals surface area contributed by atoms with E-state index in [1.165, 1.54) is 0 Å². The molecule has 1 N–H and O–H groups in total. The smallest absolute Gasteiger partial charge is 0.257 e. The van der Waals surface area contributed by atoms with Crippen molar-refractivity contribution in [1.29, 1.82) is 0 Å². The molecule has 0 bridgehead atoms. The van der Waals surface area contributed by atoms with Gasteiger partial charge in [-0.3, -0.25) is 9.79 Å². The molecule has 0 spiro atoms. The van der Waals surface area contributed by atoms with Crippen molar-refractivity contribution >= 4 is 22.8 Å². The number of nitrogens with zero attached hydrogens (tertiary/aromatic N) is 3. The molecule has 102 valence electrons. The summed E-state index contributed by atoms with van der Waals surface area (Å²) in [4.78, 5) is 16.2. The number of benzene rings is 1. The highest BCUT2D eigenvalue weighted by atomic mass is 32.2. The van der Waals surface area contributed by atoms with E-state index >= 15 is 0 Å². The average molecular weight is 286 g/mol. The minimum Gasteiger partial charge on any atom is -0.301 e. The Bertz CT molecular complexity index is 660. The first-order chi connectivity index (χ1) is 9.74. The zero-order valence-electron chi connectivity index (χ0n) is 11.0. The molecule has 3 rings (SSSR count). The van der Waals surface area contributed by atoms with Crippen LogP contribution in [0.4, 0.5) is 0 Å². The van der Waals surface area contributed by atoms with Gasteiger partial charge in [0.05, 0.1) is 12.2 Å². The topological polar surface area (TPSA) is 59.3 Å². The summed E-state index contributed by atoms with van der Waals surface area (Å²) in [6.45, 7) is 2.76. The normalized spacial score (nSPS) is 14.2. The van der Waals surface area contributed by atoms with Gasteiger partial charge in [0.1, 0.15) is 0 Å². The maximum Gasteiger partial charge on any atom is 0.257 e. The number of aliphatic imine (C=N–C) groups is 1. The fourth-order valence-corrected chi connectivity index (χ4v) is 2.70. The lowest BCUT2D eigenvalue weighted by molar-refractivity contribution is 0.0978. The molecule has 20 heavy (non-hydrogen) atoms. The van der Waals surface area contributed by atoms with Crippen LogP contribution < -0.4 is 5.32 Å². The quantitative estimate of drug-likeness (QED) is 0.918. The van der Waals surface area contributed by atoms with E-state index in [2.05, 4.69) is 15.4 Å². The monoisotopic (exact) mass is 286 g/mol. The van der Waals surface area contributed by atoms with Gasteiger partial charge in [0, 0.05) is 23.2 Å². The molecule has 0 unspecified atom stereocenters. The van der Waals surface area contributed by atoms with Crippen LogP contribution in [0.5, 0.6) is 0 Å². The first-order valence-corrected chi connectivity index (χ1v) is 7.32. The molecule has 2 aromatic rings. The van der Waals surface area contributed by atoms with Crippen LogP contribution in [-0.2, 0) is 0 Å². The van der Waals surface area contributed by atoms with E-state index in [9.17, 15) is 4.79 Å². The highest BCUT2D eigenvalue weighted by Gasteiger charge is 2.12. The van der Waals surface area contributed by atoms with Crippen molar-refractivity contribution in [3.63, 3.8) is 0 Å². The van der Waals surface area contributed by atoms with Crippen molar-refractivity contribution < 1.29 is 4.79 Å². The van der Waals surface area contributed by atoms with Crippen molar-refractivity contribution in [3.05, 3.63) is 47.8 Å². The summed E-state index contributed by atoms with van der Waals surface area (Å²) in [6.07, 6.45) is 1.76. The predicted octanol–water partition coefficient (Wildman–Crippen LogP) is 2.01. The van der Waals surface area contributed by atoms with Crippen LogP contribution in [-0.4, -0.2) is 33.2 Å². The highest BCUT2D eigenvalue weighted by molar-refractivity contribution is 8.14. The van der Waals surface area contributed by atoms with E-state index in [1.54, 1.807) is 30.1 Å². The third-order valence-corrected chi connectivity index (χ3v) is 3.90. The lowest BCUT2D eigenvalue weighted by Gasteiger charge is -2.07. The Labute approximate surface area is 121 Å². The summed E-state index contributed by atoms with van der Waals surface area (Å²) >= 11 is 1.57. The third-order valence-electron chi connectivity index (χ3n) is 3.01. The van der Waals surface area contributed by atoms with Gasteiger partial charge in [-0.2, -0.15) is 5.10 Å². The predicted molar refractivity (Wildman–Crippen MR) is 80.5 cm³/mol. The van der Waals surface area contributed by atoms with Crippen LogP contribution in [0.3, 0.4) is 0 Å². The Hall–Kier alpha value is -2.08. The number of aryl methyl sites for hydroxylation is 1. The van der Waals surface area contributed by atoms with Crippen LogP contribution in [0.25, 0.3) is 5.69 Å². The number of hydrogen-bond donors (Lipinski definition) is 1. The Morgan fingerprint density at radius 2 is 2.10 bits per heavy atom. The van der Waals surface area contributed by atoms with E-state index in [0.717, 1.165) is 23.7 Å². The molecule has 0 radical (unpaired) electrons. The molecule has 0 saturated heterocycles. The number of carbonyl (C=O) groups is 1. The van der Waals surface area contributed by atoms with E-state index in [0.29, 0.717) is 10.7 Å². The molecule has 1 aromatic heterocycles. The first-order valence-electron chi connectivity index (χ1n) is 6.34. The number of amidine groups is 1. The van der Waals surface area contributed by atoms with Crippen LogP contribution in [0.15, 0.2) is 41.5 Å². The first kappa shape index (κ1) is 12.9. The Morgan fingerprint density at radius 1 is 1.30 bits per heavy atom. The Morgan fingerprint density at radius 3 is 2.70 bits per heavy atom. The number of nitrogens with one attached hydrogen (secondary N) is 1. The summed E-state index contributed by atoms with van der Waals surface area (Å²) in [7, 11) is 0. The van der Waals surface area contributed by atoms with Crippen LogP contribution >= 0.6 is 11.8 Å². The zero-order chi connectivity index (χ0) is 13.9. The molecule has 6 heteroatoms. The maximum atomic E-state index is 12.0. The minimum atomic E-state index is -0.123. The van der Waals surface area contributed by atoms with Gasteiger partial charge in [-0.1, -0.05) is 11.8 Å². The van der Waals surface area contributed by atoms with Crippen molar-refractivity contribution in [2.45, 2.75) is 6.92 Å². The summed E-state index contributed by atoms with van der Waals surface area (Å²) < 4.78 is 1.83. The molecular weight excluding hydrogens is 272 g/mol. The number of carbonyl (C=O) groups excluding carboxylic acids is 1. The highest BCUT2D eigenvalue weighted by Crippen LogP contribution is 2.13. The molecule has 1 aromatic carbocycles. The average Bonchev–Trinajstić information content (AvgIpc) is 3.10. The lowest BCUT2D eigenvalue weighted by atomic mass is 10.2. The van der Waals surface area contributed by atoms with Crippen molar-refractivity contribution in [3.8, 4) is 5.69 Å². The summed E-state index contributed by atoms with van der Waals surface area (Å²) in [6, 6.07) is 9.31. The molecule has 2 heterocycles. The number of aromatic nitrogens is 2. The van der Waals surface area contributed by atoms with Crippen LogP contribution in [0.2, 0.25) is 0 Å². The molecule has 1 aliphatic rings. The number of hydrogen-bond acceptors (Lipinski definition) is 4. The van der Waals surface area contributed by atoms with Gasteiger partial charge < -0.3 is 5.32 Å². The van der Waals surface area contributed by atoms with Gasteiger partial charge in [0.25, 0.3) is 5.91 Å². The van der Waals surface area contributed by atoms with Crippen LogP contribution in [0.1, 0.15) is 16.1 Å². The van der Waals surface area contributed by atoms with E-state index in [1.807, 2.05) is 29.8 Å². The Balaban J connectivity index is 1.76. The van der Waals surface area contributed by atoms with Gasteiger partial charge >= 0.3 is 0 Å². The maximum absolute atomic E-state index is 12.0. The van der Waals surface area contributed by atoms with Crippen molar-refractivity contribution in [2.24, 2.45) is 4.99 Å². The second kappa shape index (κ2) is 5.50. The Kier molecular flexibility index (Phi) is 3.56. The molecule has 0 aliphatic carbocycles. The number of thioether (sulfide) groups is 1. The summed E-state index contributed by atoms with van der Waals surface area (Å²) in [5, 5.41) is 7.76. The molecule has 0 atom stereocenters. The lowest BCUT2D eigenvalue weighted by Crippen LogP contribution is -2.27. The minimum absolute atomic E-state index is 0.123. The molecule has 1 amide bonds. The number of amides is 1. The van der Waals surface area contributed by atoms with Gasteiger partial charge in [0.15, 0.2) is 5.17 Å². The SMILES string of the molecule is Cc1ccnn1-c1ccc(C(=O)NC2=NCCS2)cc1. The molecular formula is C14H14N4OS. The van der Waals surface area contributed by atoms with Crippen molar-refractivity contribution in [2.75, 3.05) is 12.3 Å². The fraction of sp³-hybridized carbons (Fsp3) is 0.214. The van der Waals surface area contributed by atoms with Gasteiger partial charge in [0.2, 0.25) is 0 Å². The van der Waals surface area contributed by atoms with Crippen LogP contribution in [0, 0.1) is 6.92 Å². The largest absolute Gasteiger partial charge is 0.301 e. The standard InChI is InChI=1S/C14H14N4OS/c1-10-6-7-16-18(10)12-4-2-11(3-5-12)13(19)17-14-15-8-9-20-14/h2-7H,8-9H2,1H3,(H,15,17,19). The summed E-state index contributed by atoms with van der Waals surface area (Å²) in [5.74, 6) is 0.814. The molecule has 0 saturated carbocycles. The molecule has 1 aliphatic heterocycles. The molecule has 5 nitrogen and oxygen atoms in total. The van der Waals surface area contributed by atoms with E-state index in [4.69, 9.17) is 0 Å². The van der Waals surface area contributed by atoms with Crippen molar-refractivity contribution in [1.82, 2.24) is 15.1 Å². The molecule has 0 fully saturated rings. The fourth-order valence-electron chi connectivity index (χ4n) is 1.97. The third kappa shape index (κ3) is 2.60. The van der Waals surface area contributed by atoms with E-state index < -0.39 is 0 Å². The number of rotatable bonds is 2. The zero-order valence-corrected chi connectivity index (χ0v) is 11.9. The van der Waals surface area contributed by atoms with Gasteiger partial charge in [-0.05, 0) is 37.3 Å². The van der Waals surface area contributed by atoms with Gasteiger partial charge in [-0.25, -0.2) is 4.68 Å². The second-order valence-corrected chi connectivity index (χ2v) is 5.50. The van der Waals surface area contributed by atoms with E-state index in [-0.39, 0.29) is 5.91 Å². The van der Waals surface area contributed by atoms with Gasteiger partial charge in [-0.15, -0.1) is 0 Å².